The van der Waals surface area contributed by atoms with Crippen molar-refractivity contribution in [2.24, 2.45) is 7.05 Å². The molecule has 1 saturated heterocycles. The first-order chi connectivity index (χ1) is 13.7. The average molecular weight is 394 g/mol. The van der Waals surface area contributed by atoms with Crippen molar-refractivity contribution in [3.05, 3.63) is 83.7 Å². The van der Waals surface area contributed by atoms with Crippen LogP contribution in [0.3, 0.4) is 0 Å². The molecule has 0 aliphatic carbocycles. The molecule has 1 fully saturated rings. The highest BCUT2D eigenvalue weighted by Gasteiger charge is 2.28. The van der Waals surface area contributed by atoms with Crippen LogP contribution >= 0.6 is 11.8 Å². The number of hydrogen-bond acceptors (Lipinski definition) is 4. The molecule has 0 saturated carbocycles. The summed E-state index contributed by atoms with van der Waals surface area (Å²) in [4.78, 5) is 0. The highest BCUT2D eigenvalue weighted by atomic mass is 32.2. The summed E-state index contributed by atoms with van der Waals surface area (Å²) in [6, 6.07) is 19.9. The van der Waals surface area contributed by atoms with Crippen LogP contribution in [0.1, 0.15) is 28.9 Å². The number of ether oxygens (including phenoxy) is 1. The van der Waals surface area contributed by atoms with Crippen molar-refractivity contribution in [3.63, 3.8) is 0 Å². The second kappa shape index (κ2) is 8.84. The van der Waals surface area contributed by atoms with Gasteiger partial charge in [-0.15, -0.1) is 11.8 Å². The van der Waals surface area contributed by atoms with E-state index < -0.39 is 0 Å². The fourth-order valence-corrected chi connectivity index (χ4v) is 5.11. The fraction of sp³-hybridized carbons (Fsp3) is 0.348. The molecule has 1 aliphatic heterocycles. The molecule has 0 amide bonds. The first kappa shape index (κ1) is 19.1. The molecule has 28 heavy (non-hydrogen) atoms. The summed E-state index contributed by atoms with van der Waals surface area (Å²) in [7, 11) is 1.92. The van der Waals surface area contributed by atoms with Gasteiger partial charge in [-0.25, -0.2) is 0 Å². The van der Waals surface area contributed by atoms with Crippen molar-refractivity contribution < 1.29 is 4.74 Å². The molecule has 3 atom stereocenters. The molecule has 1 N–H and O–H groups in total. The van der Waals surface area contributed by atoms with Gasteiger partial charge >= 0.3 is 0 Å². The number of thioether (sulfide) groups is 1. The molecule has 1 aromatic heterocycles. The van der Waals surface area contributed by atoms with E-state index in [-0.39, 0.29) is 0 Å². The first-order valence-electron chi connectivity index (χ1n) is 9.80. The fourth-order valence-electron chi connectivity index (χ4n) is 3.56. The lowest BCUT2D eigenvalue weighted by Crippen LogP contribution is -2.43. The zero-order valence-electron chi connectivity index (χ0n) is 16.4. The van der Waals surface area contributed by atoms with E-state index >= 15 is 0 Å². The molecule has 5 heteroatoms. The summed E-state index contributed by atoms with van der Waals surface area (Å²) in [5.74, 6) is 0.900. The van der Waals surface area contributed by atoms with E-state index in [2.05, 4.69) is 83.7 Å². The minimum atomic E-state index is 0.506. The van der Waals surface area contributed by atoms with Gasteiger partial charge in [0.25, 0.3) is 0 Å². The van der Waals surface area contributed by atoms with Crippen molar-refractivity contribution in [1.29, 1.82) is 0 Å². The lowest BCUT2D eigenvalue weighted by Gasteiger charge is -2.35. The maximum Gasteiger partial charge on any atom is 0.119 e. The predicted molar refractivity (Wildman–Crippen MR) is 116 cm³/mol. The number of nitrogens with zero attached hydrogens (tertiary/aromatic N) is 2. The van der Waals surface area contributed by atoms with Crippen molar-refractivity contribution in [1.82, 2.24) is 15.1 Å². The molecule has 2 heterocycles. The Hall–Kier alpha value is -2.24. The molecule has 0 bridgehead atoms. The zero-order valence-corrected chi connectivity index (χ0v) is 17.2. The molecule has 2 aromatic carbocycles. The molecule has 4 nitrogen and oxygen atoms in total. The van der Waals surface area contributed by atoms with Crippen LogP contribution in [-0.2, 0) is 20.1 Å². The number of rotatable bonds is 6. The van der Waals surface area contributed by atoms with Gasteiger partial charge in [0.1, 0.15) is 12.4 Å². The summed E-state index contributed by atoms with van der Waals surface area (Å²) in [5, 5.41) is 8.95. The third kappa shape index (κ3) is 4.78. The van der Waals surface area contributed by atoms with Crippen molar-refractivity contribution in [2.75, 3.05) is 6.54 Å². The van der Waals surface area contributed by atoms with Gasteiger partial charge < -0.3 is 10.1 Å². The van der Waals surface area contributed by atoms with Gasteiger partial charge in [-0.3, -0.25) is 4.68 Å². The Kier molecular flexibility index (Phi) is 6.03. The van der Waals surface area contributed by atoms with Crippen LogP contribution in [0.2, 0.25) is 0 Å². The van der Waals surface area contributed by atoms with Crippen LogP contribution < -0.4 is 10.1 Å². The van der Waals surface area contributed by atoms with E-state index in [1.54, 1.807) is 4.68 Å². The Morgan fingerprint density at radius 1 is 1.11 bits per heavy atom. The van der Waals surface area contributed by atoms with Crippen molar-refractivity contribution in [2.45, 2.75) is 36.5 Å². The van der Waals surface area contributed by atoms with Gasteiger partial charge in [0.2, 0.25) is 0 Å². The van der Waals surface area contributed by atoms with Gasteiger partial charge in [0, 0.05) is 41.9 Å². The summed E-state index contributed by atoms with van der Waals surface area (Å²) in [6.45, 7) is 3.88. The van der Waals surface area contributed by atoms with E-state index in [1.165, 1.54) is 11.1 Å². The molecular weight excluding hydrogens is 366 g/mol. The maximum absolute atomic E-state index is 5.88. The predicted octanol–water partition coefficient (Wildman–Crippen LogP) is 4.38. The molecule has 1 aliphatic rings. The molecule has 3 aromatic rings. The number of benzene rings is 2. The van der Waals surface area contributed by atoms with Gasteiger partial charge in [-0.1, -0.05) is 42.5 Å². The maximum atomic E-state index is 5.88. The van der Waals surface area contributed by atoms with E-state index in [0.29, 0.717) is 23.1 Å². The molecule has 4 rings (SSSR count). The van der Waals surface area contributed by atoms with Crippen LogP contribution in [0, 0.1) is 0 Å². The largest absolute Gasteiger partial charge is 0.489 e. The summed E-state index contributed by atoms with van der Waals surface area (Å²) in [5.41, 5.74) is 3.85. The van der Waals surface area contributed by atoms with E-state index in [4.69, 9.17) is 4.74 Å². The number of nitrogens with one attached hydrogen (secondary N) is 1. The third-order valence-corrected chi connectivity index (χ3v) is 6.91. The van der Waals surface area contributed by atoms with Gasteiger partial charge in [-0.2, -0.15) is 5.10 Å². The Bertz CT molecular complexity index is 878. The van der Waals surface area contributed by atoms with E-state index in [1.807, 2.05) is 19.4 Å². The third-order valence-electron chi connectivity index (χ3n) is 5.22. The van der Waals surface area contributed by atoms with Gasteiger partial charge in [0.05, 0.1) is 6.20 Å². The SMILES string of the molecule is C[C@@H]1NCC(c2ccccc2)SC1Cc1ccc(OCc2cnn(C)c2)cc1. The minimum Gasteiger partial charge on any atom is -0.489 e. The lowest BCUT2D eigenvalue weighted by molar-refractivity contribution is 0.306. The summed E-state index contributed by atoms with van der Waals surface area (Å²) >= 11 is 2.10. The minimum absolute atomic E-state index is 0.506. The van der Waals surface area contributed by atoms with Crippen LogP contribution in [0.4, 0.5) is 0 Å². The lowest BCUT2D eigenvalue weighted by atomic mass is 10.0. The topological polar surface area (TPSA) is 39.1 Å². The molecule has 2 unspecified atom stereocenters. The molecule has 0 radical (unpaired) electrons. The van der Waals surface area contributed by atoms with Gasteiger partial charge in [0.15, 0.2) is 0 Å². The van der Waals surface area contributed by atoms with Crippen LogP contribution in [0.15, 0.2) is 67.0 Å². The Labute approximate surface area is 171 Å². The average Bonchev–Trinajstić information content (AvgIpc) is 3.15. The Morgan fingerprint density at radius 3 is 2.61 bits per heavy atom. The standard InChI is InChI=1S/C23H27N3OS/c1-17-22(28-23(14-24-17)20-6-4-3-5-7-20)12-18-8-10-21(11-9-18)27-16-19-13-25-26(2)15-19/h3-11,13,15,17,22-24H,12,14,16H2,1-2H3/t17-,22?,23?/m0/s1. The van der Waals surface area contributed by atoms with Crippen molar-refractivity contribution >= 4 is 11.8 Å². The summed E-state index contributed by atoms with van der Waals surface area (Å²) in [6.07, 6.45) is 4.88. The van der Waals surface area contributed by atoms with E-state index in [9.17, 15) is 0 Å². The zero-order chi connectivity index (χ0) is 19.3. The molecule has 0 spiro atoms. The van der Waals surface area contributed by atoms with Gasteiger partial charge in [-0.05, 0) is 36.6 Å². The quantitative estimate of drug-likeness (QED) is 0.675. The molecule has 146 valence electrons. The Morgan fingerprint density at radius 2 is 1.89 bits per heavy atom. The summed E-state index contributed by atoms with van der Waals surface area (Å²) < 4.78 is 7.67. The monoisotopic (exact) mass is 393 g/mol. The second-order valence-electron chi connectivity index (χ2n) is 7.43. The van der Waals surface area contributed by atoms with Crippen LogP contribution in [0.25, 0.3) is 0 Å². The van der Waals surface area contributed by atoms with Crippen LogP contribution in [0.5, 0.6) is 5.75 Å². The number of aromatic nitrogens is 2. The normalized spacial score (nSPS) is 22.1. The smallest absolute Gasteiger partial charge is 0.119 e. The highest BCUT2D eigenvalue weighted by molar-refractivity contribution is 8.00. The Balaban J connectivity index is 1.35. The first-order valence-corrected chi connectivity index (χ1v) is 10.7. The second-order valence-corrected chi connectivity index (χ2v) is 8.88. The van der Waals surface area contributed by atoms with Crippen molar-refractivity contribution in [3.8, 4) is 5.75 Å². The number of aryl methyl sites for hydroxylation is 1. The molecular formula is C23H27N3OS. The highest BCUT2D eigenvalue weighted by Crippen LogP contribution is 2.38. The van der Waals surface area contributed by atoms with E-state index in [0.717, 1.165) is 24.3 Å². The van der Waals surface area contributed by atoms with Crippen LogP contribution in [-0.4, -0.2) is 27.6 Å². The number of hydrogen-bond donors (Lipinski definition) is 1.